The maximum Gasteiger partial charge on any atom is -0.0197 e. The molecule has 0 nitrogen and oxygen atoms in total. The number of allylic oxidation sites excluding steroid dienone is 2. The van der Waals surface area contributed by atoms with Gasteiger partial charge in [-0.1, -0.05) is 25.5 Å². The van der Waals surface area contributed by atoms with Crippen molar-refractivity contribution in [2.45, 2.75) is 46.0 Å². The van der Waals surface area contributed by atoms with Gasteiger partial charge >= 0.3 is 0 Å². The van der Waals surface area contributed by atoms with Crippen LogP contribution < -0.4 is 0 Å². The summed E-state index contributed by atoms with van der Waals surface area (Å²) in [4.78, 5) is 0. The van der Waals surface area contributed by atoms with Gasteiger partial charge in [-0.05, 0) is 56.3 Å². The lowest BCUT2D eigenvalue weighted by Crippen LogP contribution is -1.98. The lowest BCUT2D eigenvalue weighted by Gasteiger charge is -2.13. The van der Waals surface area contributed by atoms with Crippen LogP contribution in [0.5, 0.6) is 0 Å². The van der Waals surface area contributed by atoms with Crippen LogP contribution in [0.15, 0.2) is 11.6 Å². The molecule has 73 valence electrons. The number of rotatable bonds is 4. The van der Waals surface area contributed by atoms with Crippen molar-refractivity contribution in [1.82, 2.24) is 0 Å². The first kappa shape index (κ1) is 9.30. The number of fused-ring (bicyclic) bond motifs is 2. The van der Waals surface area contributed by atoms with Crippen LogP contribution in [0.3, 0.4) is 0 Å². The third-order valence-corrected chi connectivity index (χ3v) is 3.47. The van der Waals surface area contributed by atoms with Gasteiger partial charge < -0.3 is 0 Å². The third kappa shape index (κ3) is 2.15. The predicted molar refractivity (Wildman–Crippen MR) is 57.3 cm³/mol. The fourth-order valence-electron chi connectivity index (χ4n) is 2.76. The van der Waals surface area contributed by atoms with E-state index in [2.05, 4.69) is 26.3 Å². The van der Waals surface area contributed by atoms with Crippen molar-refractivity contribution in [3.05, 3.63) is 18.1 Å². The van der Waals surface area contributed by atoms with Gasteiger partial charge in [0.1, 0.15) is 0 Å². The Balaban J connectivity index is 1.74. The van der Waals surface area contributed by atoms with Crippen LogP contribution in [0.1, 0.15) is 46.0 Å². The molecule has 0 saturated heterocycles. The molecular formula is C13H21. The zero-order chi connectivity index (χ0) is 9.26. The van der Waals surface area contributed by atoms with Gasteiger partial charge in [0.25, 0.3) is 0 Å². The van der Waals surface area contributed by atoms with E-state index in [1.54, 1.807) is 5.57 Å². The van der Waals surface area contributed by atoms with Crippen LogP contribution in [0, 0.1) is 24.2 Å². The largest absolute Gasteiger partial charge is 0.0819 e. The molecule has 2 atom stereocenters. The Labute approximate surface area is 82.4 Å². The highest BCUT2D eigenvalue weighted by molar-refractivity contribution is 5.20. The summed E-state index contributed by atoms with van der Waals surface area (Å²) in [5.41, 5.74) is 1.76. The quantitative estimate of drug-likeness (QED) is 0.570. The highest BCUT2D eigenvalue weighted by atomic mass is 14.4. The second-order valence-corrected chi connectivity index (χ2v) is 5.13. The van der Waals surface area contributed by atoms with Gasteiger partial charge in [0.05, 0.1) is 0 Å². The molecule has 0 heterocycles. The van der Waals surface area contributed by atoms with E-state index in [0.717, 1.165) is 17.8 Å². The van der Waals surface area contributed by atoms with Crippen LogP contribution in [-0.4, -0.2) is 0 Å². The second kappa shape index (κ2) is 3.86. The molecular weight excluding hydrogens is 156 g/mol. The van der Waals surface area contributed by atoms with E-state index in [-0.39, 0.29) is 0 Å². The minimum atomic E-state index is 0.833. The average Bonchev–Trinajstić information content (AvgIpc) is 2.64. The molecule has 0 heteroatoms. The molecule has 0 N–H and O–H groups in total. The Morgan fingerprint density at radius 1 is 1.46 bits per heavy atom. The molecule has 13 heavy (non-hydrogen) atoms. The van der Waals surface area contributed by atoms with Crippen LogP contribution in [0.4, 0.5) is 0 Å². The monoisotopic (exact) mass is 177 g/mol. The smallest absolute Gasteiger partial charge is 0.0197 e. The van der Waals surface area contributed by atoms with Crippen molar-refractivity contribution in [2.24, 2.45) is 17.8 Å². The summed E-state index contributed by atoms with van der Waals surface area (Å²) in [6.45, 7) is 4.59. The summed E-state index contributed by atoms with van der Waals surface area (Å²) in [6, 6.07) is 0. The van der Waals surface area contributed by atoms with Crippen molar-refractivity contribution < 1.29 is 0 Å². The molecule has 2 bridgehead atoms. The lowest BCUT2D eigenvalue weighted by molar-refractivity contribution is 0.599. The highest BCUT2D eigenvalue weighted by Gasteiger charge is 2.31. The fraction of sp³-hybridized carbons (Fsp3) is 0.769. The minimum absolute atomic E-state index is 0.833. The van der Waals surface area contributed by atoms with Gasteiger partial charge in [0.15, 0.2) is 0 Å². The highest BCUT2D eigenvalue weighted by Crippen LogP contribution is 2.45. The van der Waals surface area contributed by atoms with Crippen LogP contribution in [0.25, 0.3) is 0 Å². The fourth-order valence-corrected chi connectivity index (χ4v) is 2.76. The average molecular weight is 177 g/mol. The van der Waals surface area contributed by atoms with E-state index >= 15 is 0 Å². The minimum Gasteiger partial charge on any atom is -0.0819 e. The lowest BCUT2D eigenvalue weighted by atomic mass is 9.93. The molecule has 2 rings (SSSR count). The van der Waals surface area contributed by atoms with E-state index in [4.69, 9.17) is 0 Å². The first-order valence-electron chi connectivity index (χ1n) is 5.78. The molecule has 2 aliphatic rings. The predicted octanol–water partition coefficient (Wildman–Crippen LogP) is 3.98. The van der Waals surface area contributed by atoms with Crippen molar-refractivity contribution >= 4 is 0 Å². The zero-order valence-electron chi connectivity index (χ0n) is 8.92. The Hall–Kier alpha value is -0.260. The molecule has 1 radical (unpaired) electrons. The van der Waals surface area contributed by atoms with Crippen molar-refractivity contribution in [3.8, 4) is 0 Å². The van der Waals surface area contributed by atoms with E-state index in [1.807, 2.05) is 0 Å². The molecule has 1 saturated carbocycles. The molecule has 2 unspecified atom stereocenters. The van der Waals surface area contributed by atoms with Crippen LogP contribution >= 0.6 is 0 Å². The first-order valence-corrected chi connectivity index (χ1v) is 5.78. The zero-order valence-corrected chi connectivity index (χ0v) is 8.92. The van der Waals surface area contributed by atoms with Gasteiger partial charge in [-0.3, -0.25) is 0 Å². The molecule has 0 aliphatic heterocycles. The maximum absolute atomic E-state index is 2.56. The maximum atomic E-state index is 2.56. The van der Waals surface area contributed by atoms with Gasteiger partial charge in [0.2, 0.25) is 0 Å². The van der Waals surface area contributed by atoms with Crippen molar-refractivity contribution in [3.63, 3.8) is 0 Å². The topological polar surface area (TPSA) is 0 Å². The van der Waals surface area contributed by atoms with Crippen molar-refractivity contribution in [1.29, 1.82) is 0 Å². The summed E-state index contributed by atoms with van der Waals surface area (Å²) in [5, 5.41) is 0. The van der Waals surface area contributed by atoms with Gasteiger partial charge in [-0.25, -0.2) is 0 Å². The van der Waals surface area contributed by atoms with E-state index < -0.39 is 0 Å². The van der Waals surface area contributed by atoms with E-state index in [0.29, 0.717) is 0 Å². The Bertz CT molecular complexity index is 200. The summed E-state index contributed by atoms with van der Waals surface area (Å²) < 4.78 is 0. The van der Waals surface area contributed by atoms with Gasteiger partial charge in [-0.15, -0.1) is 0 Å². The molecule has 0 spiro atoms. The number of hydrogen-bond donors (Lipinski definition) is 0. The molecule has 0 amide bonds. The van der Waals surface area contributed by atoms with Crippen LogP contribution in [-0.2, 0) is 0 Å². The Morgan fingerprint density at radius 3 is 2.85 bits per heavy atom. The van der Waals surface area contributed by atoms with E-state index in [1.165, 1.54) is 32.1 Å². The SMILES string of the molecule is CC(C)C[CH]CC1=CC2CCC1C2. The normalized spacial score (nSPS) is 31.5. The third-order valence-electron chi connectivity index (χ3n) is 3.47. The molecule has 0 aromatic carbocycles. The van der Waals surface area contributed by atoms with Gasteiger partial charge in [-0.2, -0.15) is 0 Å². The van der Waals surface area contributed by atoms with Crippen LogP contribution in [0.2, 0.25) is 0 Å². The molecule has 2 aliphatic carbocycles. The Kier molecular flexibility index (Phi) is 2.76. The standard InChI is InChI=1S/C13H21/c1-10(2)4-3-5-12-8-11-6-7-13(12)9-11/h3,8,10-11,13H,4-7,9H2,1-2H3. The molecule has 0 aromatic heterocycles. The summed E-state index contributed by atoms with van der Waals surface area (Å²) in [5.74, 6) is 2.78. The molecule has 1 fully saturated rings. The molecule has 0 aromatic rings. The summed E-state index contributed by atoms with van der Waals surface area (Å²) >= 11 is 0. The van der Waals surface area contributed by atoms with Crippen molar-refractivity contribution in [2.75, 3.05) is 0 Å². The first-order chi connectivity index (χ1) is 6.25. The van der Waals surface area contributed by atoms with E-state index in [9.17, 15) is 0 Å². The summed E-state index contributed by atoms with van der Waals surface area (Å²) in [6.07, 6.45) is 12.0. The number of hydrogen-bond acceptors (Lipinski definition) is 0. The Morgan fingerprint density at radius 2 is 2.31 bits per heavy atom. The second-order valence-electron chi connectivity index (χ2n) is 5.13. The summed E-state index contributed by atoms with van der Waals surface area (Å²) in [7, 11) is 0. The van der Waals surface area contributed by atoms with Gasteiger partial charge in [0, 0.05) is 0 Å².